The van der Waals surface area contributed by atoms with Crippen molar-refractivity contribution in [2.45, 2.75) is 12.9 Å². The van der Waals surface area contributed by atoms with Gasteiger partial charge in [-0.3, -0.25) is 0 Å². The summed E-state index contributed by atoms with van der Waals surface area (Å²) >= 11 is 43.3. The molecule has 0 amide bonds. The maximum absolute atomic E-state index is 7.00. The molecule has 0 heterocycles. The van der Waals surface area contributed by atoms with Crippen molar-refractivity contribution in [2.75, 3.05) is 35.5 Å². The van der Waals surface area contributed by atoms with Crippen LogP contribution in [0, 0.1) is 0 Å². The Morgan fingerprint density at radius 3 is 0.318 bits per heavy atom. The highest BCUT2D eigenvalue weighted by Gasteiger charge is 1.79. The number of hydrogen-bond donors (Lipinski definition) is 5. The van der Waals surface area contributed by atoms with E-state index >= 15 is 0 Å². The van der Waals surface area contributed by atoms with Crippen molar-refractivity contribution in [1.29, 1.82) is 0 Å². The van der Waals surface area contributed by atoms with Gasteiger partial charge in [-0.25, -0.2) is 0 Å². The first-order chi connectivity index (χ1) is 10.2. The molecular weight excluding hydrogens is 495 g/mol. The third kappa shape index (κ3) is 1770. The topological polar surface area (TPSA) is 101 Å². The molecule has 0 aromatic carbocycles. The molecule has 0 bridgehead atoms. The highest BCUT2D eigenvalue weighted by molar-refractivity contribution is 6.63. The lowest BCUT2D eigenvalue weighted by Gasteiger charge is -1.69. The normalized spacial score (nSPS) is 6.27. The molecule has 0 rings (SSSR count). The standard InChI is InChI=1S/3CHCl3.5CH4O/c3*2-1(3)4;5*1-2/h3*1H;5*2H,1H3. The van der Waals surface area contributed by atoms with E-state index in [2.05, 4.69) is 0 Å². The Morgan fingerprint density at radius 1 is 0.318 bits per heavy atom. The maximum atomic E-state index is 7.00. The fourth-order valence-corrected chi connectivity index (χ4v) is 0. The summed E-state index contributed by atoms with van der Waals surface area (Å²) in [6.07, 6.45) is 0. The largest absolute Gasteiger partial charge is 0.400 e. The Bertz CT molecular complexity index is 62.5. The first kappa shape index (κ1) is 49.7. The average molecular weight is 518 g/mol. The zero-order valence-corrected chi connectivity index (χ0v) is 19.2. The summed E-state index contributed by atoms with van der Waals surface area (Å²) < 4.78 is -2.25. The number of aliphatic hydroxyl groups excluding tert-OH is 5. The summed E-state index contributed by atoms with van der Waals surface area (Å²) in [4.78, 5) is 0. The predicted molar refractivity (Wildman–Crippen MR) is 105 cm³/mol. The smallest absolute Gasteiger partial charge is 0.180 e. The van der Waals surface area contributed by atoms with E-state index in [1.165, 1.54) is 0 Å². The quantitative estimate of drug-likeness (QED) is 0.312. The van der Waals surface area contributed by atoms with E-state index in [0.29, 0.717) is 0 Å². The van der Waals surface area contributed by atoms with Crippen LogP contribution in [0.4, 0.5) is 0 Å². The summed E-state index contributed by atoms with van der Waals surface area (Å²) in [5, 5.41) is 35.0. The van der Waals surface area contributed by atoms with E-state index in [1.807, 2.05) is 0 Å². The van der Waals surface area contributed by atoms with Gasteiger partial charge in [-0.1, -0.05) is 104 Å². The zero-order chi connectivity index (χ0) is 20.7. The van der Waals surface area contributed by atoms with Gasteiger partial charge in [0, 0.05) is 35.5 Å². The van der Waals surface area contributed by atoms with Gasteiger partial charge in [0.15, 0.2) is 12.9 Å². The summed E-state index contributed by atoms with van der Waals surface area (Å²) in [5.41, 5.74) is 0. The third-order valence-corrected chi connectivity index (χ3v) is 0. The molecule has 148 valence electrons. The fraction of sp³-hybridized carbons (Fsp3) is 1.00. The Hall–Kier alpha value is 2.41. The number of aliphatic hydroxyl groups is 5. The van der Waals surface area contributed by atoms with Crippen LogP contribution in [0.5, 0.6) is 0 Å². The highest BCUT2D eigenvalue weighted by Crippen LogP contribution is 2.04. The van der Waals surface area contributed by atoms with E-state index in [9.17, 15) is 0 Å². The molecule has 0 atom stereocenters. The van der Waals surface area contributed by atoms with E-state index in [4.69, 9.17) is 130 Å². The Labute approximate surface area is 177 Å². The van der Waals surface area contributed by atoms with Crippen LogP contribution in [0.15, 0.2) is 0 Å². The van der Waals surface area contributed by atoms with Crippen LogP contribution in [-0.4, -0.2) is 74.0 Å². The second kappa shape index (κ2) is 90.3. The molecule has 0 saturated heterocycles. The molecule has 22 heavy (non-hydrogen) atoms. The van der Waals surface area contributed by atoms with Gasteiger partial charge in [0.05, 0.1) is 0 Å². The van der Waals surface area contributed by atoms with Crippen molar-refractivity contribution >= 4 is 104 Å². The van der Waals surface area contributed by atoms with Crippen LogP contribution in [0.25, 0.3) is 0 Å². The Balaban J connectivity index is -0.0000000175. The number of hydrogen-bond acceptors (Lipinski definition) is 5. The fourth-order valence-electron chi connectivity index (χ4n) is 0. The van der Waals surface area contributed by atoms with Crippen molar-refractivity contribution in [3.63, 3.8) is 0 Å². The van der Waals surface area contributed by atoms with E-state index < -0.39 is 12.9 Å². The van der Waals surface area contributed by atoms with Crippen LogP contribution < -0.4 is 0 Å². The Kier molecular flexibility index (Phi) is 204. The Morgan fingerprint density at radius 2 is 0.318 bits per heavy atom. The molecule has 0 radical (unpaired) electrons. The highest BCUT2D eigenvalue weighted by atomic mass is 35.6. The van der Waals surface area contributed by atoms with Crippen LogP contribution in [-0.2, 0) is 0 Å². The van der Waals surface area contributed by atoms with E-state index in [-0.39, 0.29) is 0 Å². The van der Waals surface area contributed by atoms with Gasteiger partial charge < -0.3 is 25.5 Å². The molecule has 0 aromatic heterocycles. The zero-order valence-electron chi connectivity index (χ0n) is 12.4. The van der Waals surface area contributed by atoms with Crippen LogP contribution >= 0.6 is 104 Å². The van der Waals surface area contributed by atoms with E-state index in [0.717, 1.165) is 35.5 Å². The van der Waals surface area contributed by atoms with Gasteiger partial charge in [-0.05, 0) is 0 Å². The van der Waals surface area contributed by atoms with Gasteiger partial charge >= 0.3 is 0 Å². The molecule has 5 nitrogen and oxygen atoms in total. The summed E-state index contributed by atoms with van der Waals surface area (Å²) in [6, 6.07) is 0. The van der Waals surface area contributed by atoms with Crippen molar-refractivity contribution in [3.05, 3.63) is 0 Å². The monoisotopic (exact) mass is 514 g/mol. The van der Waals surface area contributed by atoms with Crippen molar-refractivity contribution in [1.82, 2.24) is 0 Å². The predicted octanol–water partition coefficient (Wildman–Crippen LogP) is 4.00. The number of alkyl halides is 9. The molecule has 0 aliphatic rings. The van der Waals surface area contributed by atoms with Crippen LogP contribution in [0.2, 0.25) is 0 Å². The van der Waals surface area contributed by atoms with Gasteiger partial charge in [-0.2, -0.15) is 0 Å². The average Bonchev–Trinajstić information content (AvgIpc) is 2.47. The molecule has 0 aromatic rings. The molecule has 14 heteroatoms. The molecular formula is C8H23Cl9O5. The molecule has 0 fully saturated rings. The lowest BCUT2D eigenvalue weighted by molar-refractivity contribution is 0.399. The molecule has 0 aliphatic heterocycles. The minimum atomic E-state index is -0.750. The molecule has 5 N–H and O–H groups in total. The molecule has 0 unspecified atom stereocenters. The SMILES string of the molecule is CO.CO.CO.CO.CO.ClC(Cl)Cl.ClC(Cl)Cl.ClC(Cl)Cl. The first-order valence-electron chi connectivity index (χ1n) is 4.20. The van der Waals surface area contributed by atoms with Crippen molar-refractivity contribution in [2.24, 2.45) is 0 Å². The summed E-state index contributed by atoms with van der Waals surface area (Å²) in [5.74, 6) is 0. The van der Waals surface area contributed by atoms with Gasteiger partial charge in [-0.15, -0.1) is 0 Å². The first-order valence-corrected chi connectivity index (χ1v) is 8.13. The lowest BCUT2D eigenvalue weighted by atomic mass is 11.8. The van der Waals surface area contributed by atoms with Crippen molar-refractivity contribution in [3.8, 4) is 0 Å². The summed E-state index contributed by atoms with van der Waals surface area (Å²) in [6.45, 7) is 0. The van der Waals surface area contributed by atoms with Gasteiger partial charge in [0.2, 0.25) is 0 Å². The minimum absolute atomic E-state index is 0.750. The van der Waals surface area contributed by atoms with Crippen LogP contribution in [0.3, 0.4) is 0 Å². The molecule has 0 aliphatic carbocycles. The van der Waals surface area contributed by atoms with Crippen molar-refractivity contribution < 1.29 is 25.5 Å². The second-order valence-electron chi connectivity index (χ2n) is 0.742. The lowest BCUT2D eigenvalue weighted by Crippen LogP contribution is -1.55. The number of halogens is 9. The van der Waals surface area contributed by atoms with E-state index in [1.54, 1.807) is 0 Å². The molecule has 0 saturated carbocycles. The van der Waals surface area contributed by atoms with Gasteiger partial charge in [0.1, 0.15) is 0 Å². The summed E-state index contributed by atoms with van der Waals surface area (Å²) in [7, 11) is 5.00. The molecule has 0 spiro atoms. The second-order valence-corrected chi connectivity index (χ2v) is 6.68. The third-order valence-electron chi connectivity index (χ3n) is 0. The van der Waals surface area contributed by atoms with Gasteiger partial charge in [0.25, 0.3) is 0 Å². The maximum Gasteiger partial charge on any atom is 0.180 e. The number of rotatable bonds is 0. The minimum Gasteiger partial charge on any atom is -0.400 e. The van der Waals surface area contributed by atoms with Crippen LogP contribution in [0.1, 0.15) is 0 Å².